The van der Waals surface area contributed by atoms with Gasteiger partial charge in [0.2, 0.25) is 5.91 Å². The van der Waals surface area contributed by atoms with Crippen LogP contribution < -0.4 is 5.32 Å². The molecule has 2 aromatic rings. The number of aromatic amines is 1. The highest BCUT2D eigenvalue weighted by Crippen LogP contribution is 2.27. The lowest BCUT2D eigenvalue weighted by Crippen LogP contribution is -2.53. The number of aromatic nitrogens is 1. The number of H-pyrrole nitrogens is 1. The predicted molar refractivity (Wildman–Crippen MR) is 95.6 cm³/mol. The number of amides is 2. The van der Waals surface area contributed by atoms with Gasteiger partial charge in [0.1, 0.15) is 11.7 Å². The lowest BCUT2D eigenvalue weighted by molar-refractivity contribution is -0.133. The van der Waals surface area contributed by atoms with Gasteiger partial charge in [-0.05, 0) is 30.7 Å². The van der Waals surface area contributed by atoms with Crippen molar-refractivity contribution in [2.45, 2.75) is 19.4 Å². The van der Waals surface area contributed by atoms with Crippen molar-refractivity contribution in [3.05, 3.63) is 53.3 Å². The summed E-state index contributed by atoms with van der Waals surface area (Å²) in [6.45, 7) is 4.37. The van der Waals surface area contributed by atoms with Crippen LogP contribution in [-0.2, 0) is 11.2 Å². The fraction of sp³-hybridized carbons (Fsp3) is 0.368. The molecule has 6 nitrogen and oxygen atoms in total. The molecule has 0 bridgehead atoms. The molecule has 1 aromatic heterocycles. The molecular formula is C19H22N4O2. The van der Waals surface area contributed by atoms with Gasteiger partial charge in [-0.25, -0.2) is 0 Å². The second-order valence-electron chi connectivity index (χ2n) is 6.76. The van der Waals surface area contributed by atoms with Crippen LogP contribution in [0.2, 0.25) is 0 Å². The second kappa shape index (κ2) is 6.27. The first-order valence-electron chi connectivity index (χ1n) is 8.69. The first-order chi connectivity index (χ1) is 12.1. The minimum absolute atomic E-state index is 0.000953. The van der Waals surface area contributed by atoms with Gasteiger partial charge < -0.3 is 20.1 Å². The molecule has 0 unspecified atom stereocenters. The first-order valence-corrected chi connectivity index (χ1v) is 8.69. The number of nitrogens with one attached hydrogen (secondary N) is 2. The van der Waals surface area contributed by atoms with Gasteiger partial charge in [0.15, 0.2) is 0 Å². The molecule has 4 rings (SSSR count). The summed E-state index contributed by atoms with van der Waals surface area (Å²) < 4.78 is 0. The van der Waals surface area contributed by atoms with Gasteiger partial charge in [-0.15, -0.1) is 0 Å². The van der Waals surface area contributed by atoms with Crippen molar-refractivity contribution in [1.82, 2.24) is 14.8 Å². The number of nitrogens with zero attached hydrogens (tertiary/aromatic N) is 2. The lowest BCUT2D eigenvalue weighted by atomic mass is 10.1. The maximum Gasteiger partial charge on any atom is 0.270 e. The molecule has 0 aliphatic carbocycles. The molecule has 2 amide bonds. The normalized spacial score (nSPS) is 19.5. The van der Waals surface area contributed by atoms with Gasteiger partial charge in [-0.3, -0.25) is 9.59 Å². The third kappa shape index (κ3) is 2.99. The van der Waals surface area contributed by atoms with E-state index in [-0.39, 0.29) is 17.9 Å². The molecule has 130 valence electrons. The molecule has 25 heavy (non-hydrogen) atoms. The summed E-state index contributed by atoms with van der Waals surface area (Å²) >= 11 is 0. The third-order valence-corrected chi connectivity index (χ3v) is 5.02. The Morgan fingerprint density at radius 3 is 2.56 bits per heavy atom. The second-order valence-corrected chi connectivity index (χ2v) is 6.76. The maximum absolute atomic E-state index is 12.8. The predicted octanol–water partition coefficient (Wildman–Crippen LogP) is 1.64. The summed E-state index contributed by atoms with van der Waals surface area (Å²) in [7, 11) is 0. The molecule has 2 N–H and O–H groups in total. The SMILES string of the molecule is Cc1ccc2c(c1)C[C@@H](C(=O)N1CCN(C(=O)c3ccc[nH]3)CC1)N2. The molecule has 2 aliphatic rings. The monoisotopic (exact) mass is 338 g/mol. The van der Waals surface area contributed by atoms with Gasteiger partial charge in [0.05, 0.1) is 0 Å². The summed E-state index contributed by atoms with van der Waals surface area (Å²) in [5, 5.41) is 3.34. The van der Waals surface area contributed by atoms with E-state index < -0.39 is 0 Å². The number of anilines is 1. The third-order valence-electron chi connectivity index (χ3n) is 5.02. The molecule has 2 aliphatic heterocycles. The molecule has 6 heteroatoms. The van der Waals surface area contributed by atoms with Crippen LogP contribution in [0.5, 0.6) is 0 Å². The van der Waals surface area contributed by atoms with E-state index >= 15 is 0 Å². The number of hydrogen-bond acceptors (Lipinski definition) is 3. The Morgan fingerprint density at radius 2 is 1.84 bits per heavy atom. The van der Waals surface area contributed by atoms with E-state index in [9.17, 15) is 9.59 Å². The van der Waals surface area contributed by atoms with E-state index in [1.54, 1.807) is 17.2 Å². The zero-order chi connectivity index (χ0) is 17.4. The fourth-order valence-electron chi connectivity index (χ4n) is 3.62. The van der Waals surface area contributed by atoms with Crippen LogP contribution in [0.4, 0.5) is 5.69 Å². The average molecular weight is 338 g/mol. The largest absolute Gasteiger partial charge is 0.373 e. The van der Waals surface area contributed by atoms with E-state index in [0.717, 1.165) is 12.1 Å². The topological polar surface area (TPSA) is 68.4 Å². The Kier molecular flexibility index (Phi) is 3.95. The van der Waals surface area contributed by atoms with Crippen molar-refractivity contribution < 1.29 is 9.59 Å². The van der Waals surface area contributed by atoms with Gasteiger partial charge >= 0.3 is 0 Å². The summed E-state index contributed by atoms with van der Waals surface area (Å²) in [5.74, 6) is 0.125. The molecule has 1 aromatic carbocycles. The zero-order valence-corrected chi connectivity index (χ0v) is 14.3. The van der Waals surface area contributed by atoms with Crippen LogP contribution in [0.25, 0.3) is 0 Å². The Morgan fingerprint density at radius 1 is 1.08 bits per heavy atom. The molecular weight excluding hydrogens is 316 g/mol. The molecule has 1 fully saturated rings. The number of aryl methyl sites for hydroxylation is 1. The van der Waals surface area contributed by atoms with E-state index in [0.29, 0.717) is 31.9 Å². The zero-order valence-electron chi connectivity index (χ0n) is 14.3. The van der Waals surface area contributed by atoms with Crippen molar-refractivity contribution in [3.63, 3.8) is 0 Å². The number of piperazine rings is 1. The summed E-state index contributed by atoms with van der Waals surface area (Å²) in [5.41, 5.74) is 4.08. The molecule has 0 saturated carbocycles. The Balaban J connectivity index is 1.35. The summed E-state index contributed by atoms with van der Waals surface area (Å²) in [6.07, 6.45) is 2.48. The van der Waals surface area contributed by atoms with Crippen LogP contribution >= 0.6 is 0 Å². The number of carbonyl (C=O) groups is 2. The van der Waals surface area contributed by atoms with Gasteiger partial charge in [-0.1, -0.05) is 17.7 Å². The first kappa shape index (κ1) is 15.7. The quantitative estimate of drug-likeness (QED) is 0.875. The molecule has 0 radical (unpaired) electrons. The molecule has 3 heterocycles. The molecule has 1 saturated heterocycles. The van der Waals surface area contributed by atoms with E-state index in [4.69, 9.17) is 0 Å². The van der Waals surface area contributed by atoms with E-state index in [1.165, 1.54) is 11.1 Å². The number of hydrogen-bond donors (Lipinski definition) is 2. The van der Waals surface area contributed by atoms with Crippen molar-refractivity contribution in [3.8, 4) is 0 Å². The highest BCUT2D eigenvalue weighted by molar-refractivity contribution is 5.93. The standard InChI is InChI=1S/C19H22N4O2/c1-13-4-5-15-14(11-13)12-17(21-15)19(25)23-9-7-22(8-10-23)18(24)16-3-2-6-20-16/h2-6,11,17,20-21H,7-10,12H2,1H3/t17-/m0/s1. The smallest absolute Gasteiger partial charge is 0.270 e. The number of benzene rings is 1. The lowest BCUT2D eigenvalue weighted by Gasteiger charge is -2.35. The Bertz CT molecular complexity index is 792. The summed E-state index contributed by atoms with van der Waals surface area (Å²) in [4.78, 5) is 31.8. The maximum atomic E-state index is 12.8. The van der Waals surface area contributed by atoms with Crippen LogP contribution in [0.3, 0.4) is 0 Å². The van der Waals surface area contributed by atoms with Crippen molar-refractivity contribution in [1.29, 1.82) is 0 Å². The minimum Gasteiger partial charge on any atom is -0.373 e. The Labute approximate surface area is 146 Å². The Hall–Kier alpha value is -2.76. The van der Waals surface area contributed by atoms with Gasteiger partial charge in [0, 0.05) is 44.5 Å². The molecule has 0 spiro atoms. The highest BCUT2D eigenvalue weighted by atomic mass is 16.2. The highest BCUT2D eigenvalue weighted by Gasteiger charge is 2.32. The fourth-order valence-corrected chi connectivity index (χ4v) is 3.62. The van der Waals surface area contributed by atoms with Gasteiger partial charge in [-0.2, -0.15) is 0 Å². The van der Waals surface area contributed by atoms with Crippen molar-refractivity contribution in [2.24, 2.45) is 0 Å². The number of rotatable bonds is 2. The van der Waals surface area contributed by atoms with Crippen LogP contribution in [0.1, 0.15) is 21.6 Å². The van der Waals surface area contributed by atoms with E-state index in [1.807, 2.05) is 17.0 Å². The van der Waals surface area contributed by atoms with Crippen molar-refractivity contribution >= 4 is 17.5 Å². The van der Waals surface area contributed by atoms with Crippen LogP contribution in [0, 0.1) is 6.92 Å². The summed E-state index contributed by atoms with van der Waals surface area (Å²) in [6, 6.07) is 9.65. The van der Waals surface area contributed by atoms with Crippen LogP contribution in [0.15, 0.2) is 36.5 Å². The molecule has 1 atom stereocenters. The van der Waals surface area contributed by atoms with Gasteiger partial charge in [0.25, 0.3) is 5.91 Å². The minimum atomic E-state index is -0.192. The van der Waals surface area contributed by atoms with E-state index in [2.05, 4.69) is 29.4 Å². The van der Waals surface area contributed by atoms with Crippen molar-refractivity contribution in [2.75, 3.05) is 31.5 Å². The number of fused-ring (bicyclic) bond motifs is 1. The number of carbonyl (C=O) groups excluding carboxylic acids is 2. The average Bonchev–Trinajstić information content (AvgIpc) is 3.30. The van der Waals surface area contributed by atoms with Crippen LogP contribution in [-0.4, -0.2) is 58.8 Å².